The quantitative estimate of drug-likeness (QED) is 0.369. The van der Waals surface area contributed by atoms with Crippen LogP contribution in [0.3, 0.4) is 0 Å². The van der Waals surface area contributed by atoms with E-state index in [0.29, 0.717) is 24.4 Å². The van der Waals surface area contributed by atoms with Crippen molar-refractivity contribution in [1.29, 1.82) is 0 Å². The maximum Gasteiger partial charge on any atom is 0.314 e. The van der Waals surface area contributed by atoms with Crippen LogP contribution < -0.4 is 21.7 Å². The molecule has 7 heteroatoms. The van der Waals surface area contributed by atoms with Crippen LogP contribution in [0.15, 0.2) is 0 Å². The lowest BCUT2D eigenvalue weighted by molar-refractivity contribution is 0.215. The highest BCUT2D eigenvalue weighted by Crippen LogP contribution is 2.18. The number of halogens is 1. The number of carbonyl (C=O) groups excluding carboxylic acids is 1. The molecule has 0 radical (unpaired) electrons. The molecule has 118 valence electrons. The first kappa shape index (κ1) is 17.5. The third-order valence-corrected chi connectivity index (χ3v) is 3.88. The van der Waals surface area contributed by atoms with Crippen LogP contribution in [0.2, 0.25) is 0 Å². The van der Waals surface area contributed by atoms with Crippen LogP contribution in [-0.4, -0.2) is 68.7 Å². The van der Waals surface area contributed by atoms with Crippen molar-refractivity contribution >= 4 is 17.6 Å². The molecular weight excluding hydrogens is 278 g/mol. The molecule has 0 spiro atoms. The summed E-state index contributed by atoms with van der Waals surface area (Å²) in [6.07, 6.45) is 0.958. The summed E-state index contributed by atoms with van der Waals surface area (Å²) in [6, 6.07) is 0.508. The standard InChI is InChI=1S/C13H28ClN5O/c1-10(6-15)8-19-9-11(18-13(20)16-2)5-12(19)7-17-4-3-14/h10-12,17H,3-9,15H2,1-2H3,(H2,16,18,20)/t10-,11+,12-/m0/s1. The van der Waals surface area contributed by atoms with Gasteiger partial charge in [0, 0.05) is 51.2 Å². The molecule has 20 heavy (non-hydrogen) atoms. The summed E-state index contributed by atoms with van der Waals surface area (Å²) >= 11 is 5.69. The van der Waals surface area contributed by atoms with Crippen LogP contribution in [0.1, 0.15) is 13.3 Å². The molecule has 0 aromatic heterocycles. The Morgan fingerprint density at radius 1 is 1.55 bits per heavy atom. The summed E-state index contributed by atoms with van der Waals surface area (Å²) in [5.41, 5.74) is 5.71. The first-order chi connectivity index (χ1) is 9.60. The molecule has 0 saturated carbocycles. The Bertz CT molecular complexity index is 292. The van der Waals surface area contributed by atoms with Gasteiger partial charge in [0.05, 0.1) is 0 Å². The second kappa shape index (κ2) is 9.39. The number of hydrogen-bond acceptors (Lipinski definition) is 4. The van der Waals surface area contributed by atoms with Gasteiger partial charge in [0.25, 0.3) is 0 Å². The average Bonchev–Trinajstić information content (AvgIpc) is 2.80. The van der Waals surface area contributed by atoms with Crippen molar-refractivity contribution in [1.82, 2.24) is 20.9 Å². The monoisotopic (exact) mass is 305 g/mol. The van der Waals surface area contributed by atoms with E-state index in [1.807, 2.05) is 0 Å². The van der Waals surface area contributed by atoms with Crippen LogP contribution in [0.25, 0.3) is 0 Å². The number of hydrogen-bond donors (Lipinski definition) is 4. The van der Waals surface area contributed by atoms with Gasteiger partial charge in [-0.15, -0.1) is 11.6 Å². The fourth-order valence-electron chi connectivity index (χ4n) is 2.59. The molecule has 0 bridgehead atoms. The van der Waals surface area contributed by atoms with Gasteiger partial charge in [-0.3, -0.25) is 4.90 Å². The van der Waals surface area contributed by atoms with Gasteiger partial charge < -0.3 is 21.7 Å². The number of amides is 2. The number of rotatable bonds is 8. The van der Waals surface area contributed by atoms with Crippen molar-refractivity contribution in [3.63, 3.8) is 0 Å². The van der Waals surface area contributed by atoms with E-state index >= 15 is 0 Å². The predicted octanol–water partition coefficient (Wildman–Crippen LogP) is -0.218. The Labute approximate surface area is 126 Å². The minimum Gasteiger partial charge on any atom is -0.341 e. The zero-order valence-electron chi connectivity index (χ0n) is 12.5. The molecule has 1 heterocycles. The third-order valence-electron chi connectivity index (χ3n) is 3.69. The molecule has 6 nitrogen and oxygen atoms in total. The molecule has 0 aromatic rings. The van der Waals surface area contributed by atoms with E-state index in [1.165, 1.54) is 0 Å². The van der Waals surface area contributed by atoms with Gasteiger partial charge in [-0.2, -0.15) is 0 Å². The zero-order chi connectivity index (χ0) is 15.0. The van der Waals surface area contributed by atoms with E-state index in [2.05, 4.69) is 27.8 Å². The summed E-state index contributed by atoms with van der Waals surface area (Å²) in [5.74, 6) is 1.08. The van der Waals surface area contributed by atoms with Crippen molar-refractivity contribution in [3.8, 4) is 0 Å². The Hall–Kier alpha value is -0.560. The molecule has 0 unspecified atom stereocenters. The Morgan fingerprint density at radius 2 is 2.30 bits per heavy atom. The maximum atomic E-state index is 11.4. The van der Waals surface area contributed by atoms with E-state index in [1.54, 1.807) is 7.05 Å². The van der Waals surface area contributed by atoms with Gasteiger partial charge in [-0.05, 0) is 18.9 Å². The van der Waals surface area contributed by atoms with E-state index < -0.39 is 0 Å². The molecule has 0 aliphatic carbocycles. The second-order valence-corrected chi connectivity index (χ2v) is 5.88. The smallest absolute Gasteiger partial charge is 0.314 e. The highest BCUT2D eigenvalue weighted by atomic mass is 35.5. The Kier molecular flexibility index (Phi) is 8.21. The van der Waals surface area contributed by atoms with Crippen molar-refractivity contribution < 1.29 is 4.79 Å². The molecule has 2 amide bonds. The number of alkyl halides is 1. The number of carbonyl (C=O) groups is 1. The van der Waals surface area contributed by atoms with Gasteiger partial charge >= 0.3 is 6.03 Å². The second-order valence-electron chi connectivity index (χ2n) is 5.50. The average molecular weight is 306 g/mol. The predicted molar refractivity (Wildman–Crippen MR) is 83.2 cm³/mol. The highest BCUT2D eigenvalue weighted by Gasteiger charge is 2.32. The van der Waals surface area contributed by atoms with E-state index in [4.69, 9.17) is 17.3 Å². The van der Waals surface area contributed by atoms with Crippen molar-refractivity contribution in [2.45, 2.75) is 25.4 Å². The number of urea groups is 1. The molecule has 1 rings (SSSR count). The van der Waals surface area contributed by atoms with E-state index in [0.717, 1.165) is 32.6 Å². The van der Waals surface area contributed by atoms with E-state index in [9.17, 15) is 4.79 Å². The normalized spacial score (nSPS) is 24.6. The zero-order valence-corrected chi connectivity index (χ0v) is 13.2. The molecule has 0 aromatic carbocycles. The van der Waals surface area contributed by atoms with Crippen molar-refractivity contribution in [3.05, 3.63) is 0 Å². The first-order valence-electron chi connectivity index (χ1n) is 7.29. The Morgan fingerprint density at radius 3 is 2.90 bits per heavy atom. The molecule has 1 saturated heterocycles. The molecule has 1 aliphatic heterocycles. The first-order valence-corrected chi connectivity index (χ1v) is 7.83. The SMILES string of the molecule is CNC(=O)N[C@@H]1C[C@@H](CNCCCl)N(C[C@@H](C)CN)C1. The summed E-state index contributed by atoms with van der Waals surface area (Å²) in [6.45, 7) is 6.40. The lowest BCUT2D eigenvalue weighted by atomic mass is 10.1. The minimum atomic E-state index is -0.115. The largest absolute Gasteiger partial charge is 0.341 e. The number of likely N-dealkylation sites (tertiary alicyclic amines) is 1. The van der Waals surface area contributed by atoms with Gasteiger partial charge in [0.15, 0.2) is 0 Å². The van der Waals surface area contributed by atoms with Crippen LogP contribution in [0, 0.1) is 5.92 Å². The molecule has 1 fully saturated rings. The number of nitrogens with two attached hydrogens (primary N) is 1. The summed E-state index contributed by atoms with van der Waals surface area (Å²) < 4.78 is 0. The molecule has 1 aliphatic rings. The fraction of sp³-hybridized carbons (Fsp3) is 0.923. The fourth-order valence-corrected chi connectivity index (χ4v) is 2.73. The number of nitrogens with one attached hydrogen (secondary N) is 3. The summed E-state index contributed by atoms with van der Waals surface area (Å²) in [4.78, 5) is 13.8. The van der Waals surface area contributed by atoms with Crippen LogP contribution in [0.4, 0.5) is 4.79 Å². The number of nitrogens with zero attached hydrogens (tertiary/aromatic N) is 1. The molecule has 5 N–H and O–H groups in total. The van der Waals surface area contributed by atoms with E-state index in [-0.39, 0.29) is 12.1 Å². The van der Waals surface area contributed by atoms with Crippen molar-refractivity contribution in [2.75, 3.05) is 45.7 Å². The molecular formula is C13H28ClN5O. The lowest BCUT2D eigenvalue weighted by Crippen LogP contribution is -2.43. The topological polar surface area (TPSA) is 82.4 Å². The molecule has 3 atom stereocenters. The van der Waals surface area contributed by atoms with Gasteiger partial charge in [-0.25, -0.2) is 4.79 Å². The van der Waals surface area contributed by atoms with Gasteiger partial charge in [0.2, 0.25) is 0 Å². The third kappa shape index (κ3) is 5.83. The van der Waals surface area contributed by atoms with Crippen LogP contribution >= 0.6 is 11.6 Å². The Balaban J connectivity index is 2.50. The minimum absolute atomic E-state index is 0.115. The summed E-state index contributed by atoms with van der Waals surface area (Å²) in [5, 5.41) is 8.95. The highest BCUT2D eigenvalue weighted by molar-refractivity contribution is 6.18. The van der Waals surface area contributed by atoms with Crippen LogP contribution in [0.5, 0.6) is 0 Å². The summed E-state index contributed by atoms with van der Waals surface area (Å²) in [7, 11) is 1.64. The lowest BCUT2D eigenvalue weighted by Gasteiger charge is -2.26. The van der Waals surface area contributed by atoms with Gasteiger partial charge in [0.1, 0.15) is 0 Å². The maximum absolute atomic E-state index is 11.4. The van der Waals surface area contributed by atoms with Crippen molar-refractivity contribution in [2.24, 2.45) is 11.7 Å². The van der Waals surface area contributed by atoms with Crippen LogP contribution in [-0.2, 0) is 0 Å². The van der Waals surface area contributed by atoms with Gasteiger partial charge in [-0.1, -0.05) is 6.92 Å².